The summed E-state index contributed by atoms with van der Waals surface area (Å²) in [6.07, 6.45) is 9.06. The summed E-state index contributed by atoms with van der Waals surface area (Å²) in [5.74, 6) is 0.831. The van der Waals surface area contributed by atoms with Crippen LogP contribution in [-0.4, -0.2) is 55.5 Å². The summed E-state index contributed by atoms with van der Waals surface area (Å²) in [5.41, 5.74) is 2.39. The highest BCUT2D eigenvalue weighted by Gasteiger charge is 2.49. The van der Waals surface area contributed by atoms with Crippen LogP contribution in [0.3, 0.4) is 0 Å². The quantitative estimate of drug-likeness (QED) is 0.616. The van der Waals surface area contributed by atoms with Crippen molar-refractivity contribution in [3.05, 3.63) is 29.3 Å². The average Bonchev–Trinajstić information content (AvgIpc) is 2.72. The number of ether oxygens (including phenoxy) is 1. The molecular formula is C23H34N2O4S. The molecule has 0 bridgehead atoms. The molecule has 0 N–H and O–H groups in total. The van der Waals surface area contributed by atoms with E-state index in [0.29, 0.717) is 19.5 Å². The summed E-state index contributed by atoms with van der Waals surface area (Å²) in [7, 11) is -3.32. The van der Waals surface area contributed by atoms with E-state index in [2.05, 4.69) is 19.1 Å². The summed E-state index contributed by atoms with van der Waals surface area (Å²) in [4.78, 5) is 15.3. The third-order valence-electron chi connectivity index (χ3n) is 6.96. The maximum atomic E-state index is 13.3. The van der Waals surface area contributed by atoms with Crippen LogP contribution >= 0.6 is 0 Å². The van der Waals surface area contributed by atoms with Gasteiger partial charge in [-0.25, -0.2) is 8.42 Å². The molecule has 7 heteroatoms. The Kier molecular flexibility index (Phi) is 6.39. The smallest absolute Gasteiger partial charge is 0.227 e. The van der Waals surface area contributed by atoms with E-state index in [-0.39, 0.29) is 23.9 Å². The SMILES string of the molecule is CCCCCCOc1ccc2c(c1)CCN1C(=O)C3CCCN(S(C)(=O)=O)C3CC21. The van der Waals surface area contributed by atoms with E-state index < -0.39 is 10.0 Å². The molecule has 1 aromatic carbocycles. The lowest BCUT2D eigenvalue weighted by Gasteiger charge is -2.50. The Hall–Kier alpha value is -1.60. The van der Waals surface area contributed by atoms with E-state index in [1.807, 2.05) is 11.0 Å². The first-order chi connectivity index (χ1) is 14.4. The van der Waals surface area contributed by atoms with Crippen molar-refractivity contribution < 1.29 is 17.9 Å². The maximum absolute atomic E-state index is 13.3. The molecule has 30 heavy (non-hydrogen) atoms. The largest absolute Gasteiger partial charge is 0.494 e. The predicted octanol–water partition coefficient (Wildman–Crippen LogP) is 3.52. The topological polar surface area (TPSA) is 66.9 Å². The van der Waals surface area contributed by atoms with Gasteiger partial charge in [-0.15, -0.1) is 0 Å². The van der Waals surface area contributed by atoms with Gasteiger partial charge in [0.2, 0.25) is 15.9 Å². The van der Waals surface area contributed by atoms with Gasteiger partial charge >= 0.3 is 0 Å². The highest BCUT2D eigenvalue weighted by Crippen LogP contribution is 2.44. The number of unbranched alkanes of at least 4 members (excludes halogenated alkanes) is 3. The normalized spacial score (nSPS) is 26.7. The van der Waals surface area contributed by atoms with Gasteiger partial charge in [-0.1, -0.05) is 32.3 Å². The van der Waals surface area contributed by atoms with Crippen molar-refractivity contribution in [1.82, 2.24) is 9.21 Å². The molecule has 1 aromatic rings. The molecule has 0 radical (unpaired) electrons. The monoisotopic (exact) mass is 434 g/mol. The lowest BCUT2D eigenvalue weighted by Crippen LogP contribution is -2.59. The van der Waals surface area contributed by atoms with Gasteiger partial charge in [0.15, 0.2) is 0 Å². The first kappa shape index (κ1) is 21.6. The van der Waals surface area contributed by atoms with Crippen molar-refractivity contribution in [2.75, 3.05) is 26.0 Å². The zero-order valence-corrected chi connectivity index (χ0v) is 19.0. The van der Waals surface area contributed by atoms with E-state index >= 15 is 0 Å². The Morgan fingerprint density at radius 2 is 2.00 bits per heavy atom. The summed E-state index contributed by atoms with van der Waals surface area (Å²) < 4.78 is 32.2. The van der Waals surface area contributed by atoms with Crippen molar-refractivity contribution in [1.29, 1.82) is 0 Å². The number of nitrogens with zero attached hydrogens (tertiary/aromatic N) is 2. The molecule has 6 nitrogen and oxygen atoms in total. The number of carbonyl (C=O) groups is 1. The van der Waals surface area contributed by atoms with Crippen molar-refractivity contribution >= 4 is 15.9 Å². The third-order valence-corrected chi connectivity index (χ3v) is 8.26. The fraction of sp³-hybridized carbons (Fsp3) is 0.696. The van der Waals surface area contributed by atoms with E-state index in [9.17, 15) is 13.2 Å². The standard InChI is InChI=1S/C23H34N2O4S/c1-3-4-5-6-14-29-18-9-10-19-17(15-18)11-13-24-21(19)16-22-20(23(24)26)8-7-12-25(22)30(2,27)28/h9-10,15,20-22H,3-8,11-14,16H2,1-2H3. The van der Waals surface area contributed by atoms with Gasteiger partial charge in [0, 0.05) is 19.1 Å². The van der Waals surface area contributed by atoms with E-state index in [0.717, 1.165) is 43.6 Å². The van der Waals surface area contributed by atoms with Gasteiger partial charge in [0.1, 0.15) is 5.75 Å². The minimum atomic E-state index is -3.32. The third kappa shape index (κ3) is 4.24. The van der Waals surface area contributed by atoms with Crippen LogP contribution in [0.1, 0.15) is 69.0 Å². The van der Waals surface area contributed by atoms with Crippen LogP contribution in [0.5, 0.6) is 5.75 Å². The second kappa shape index (κ2) is 8.87. The lowest BCUT2D eigenvalue weighted by atomic mass is 9.77. The summed E-state index contributed by atoms with van der Waals surface area (Å²) in [6.45, 7) is 4.17. The minimum Gasteiger partial charge on any atom is -0.494 e. The van der Waals surface area contributed by atoms with Crippen LogP contribution in [0.25, 0.3) is 0 Å². The minimum absolute atomic E-state index is 0.0385. The van der Waals surface area contributed by atoms with Gasteiger partial charge < -0.3 is 9.64 Å². The van der Waals surface area contributed by atoms with E-state index in [4.69, 9.17) is 4.74 Å². The molecule has 3 unspecified atom stereocenters. The molecule has 2 fully saturated rings. The number of benzene rings is 1. The molecule has 166 valence electrons. The van der Waals surface area contributed by atoms with Gasteiger partial charge in [-0.2, -0.15) is 4.31 Å². The molecule has 3 heterocycles. The number of piperidine rings is 2. The highest BCUT2D eigenvalue weighted by atomic mass is 32.2. The number of rotatable bonds is 7. The fourth-order valence-corrected chi connectivity index (χ4v) is 6.65. The van der Waals surface area contributed by atoms with E-state index in [1.165, 1.54) is 31.1 Å². The molecule has 0 aliphatic carbocycles. The molecule has 1 amide bonds. The maximum Gasteiger partial charge on any atom is 0.227 e. The van der Waals surface area contributed by atoms with Gasteiger partial charge in [-0.05, 0) is 55.4 Å². The first-order valence-electron chi connectivity index (χ1n) is 11.4. The summed E-state index contributed by atoms with van der Waals surface area (Å²) in [6, 6.07) is 5.97. The molecule has 3 aliphatic rings. The highest BCUT2D eigenvalue weighted by molar-refractivity contribution is 7.88. The average molecular weight is 435 g/mol. The van der Waals surface area contributed by atoms with Crippen LogP contribution in [0, 0.1) is 5.92 Å². The van der Waals surface area contributed by atoms with Crippen LogP contribution in [-0.2, 0) is 21.2 Å². The number of fused-ring (bicyclic) bond motifs is 4. The number of hydrogen-bond donors (Lipinski definition) is 0. The van der Waals surface area contributed by atoms with Crippen molar-refractivity contribution in [3.63, 3.8) is 0 Å². The predicted molar refractivity (Wildman–Crippen MR) is 117 cm³/mol. The lowest BCUT2D eigenvalue weighted by molar-refractivity contribution is -0.147. The molecule has 4 rings (SSSR count). The zero-order chi connectivity index (χ0) is 21.3. The van der Waals surface area contributed by atoms with Crippen LogP contribution in [0.4, 0.5) is 0 Å². The number of sulfonamides is 1. The van der Waals surface area contributed by atoms with Gasteiger partial charge in [-0.3, -0.25) is 4.79 Å². The molecule has 2 saturated heterocycles. The Bertz CT molecular complexity index is 885. The molecule has 0 aromatic heterocycles. The van der Waals surface area contributed by atoms with Gasteiger partial charge in [0.05, 0.1) is 24.8 Å². The van der Waals surface area contributed by atoms with Crippen LogP contribution < -0.4 is 4.74 Å². The van der Waals surface area contributed by atoms with Gasteiger partial charge in [0.25, 0.3) is 0 Å². The second-order valence-electron chi connectivity index (χ2n) is 8.99. The van der Waals surface area contributed by atoms with Crippen molar-refractivity contribution in [3.8, 4) is 5.75 Å². The zero-order valence-electron chi connectivity index (χ0n) is 18.2. The summed E-state index contributed by atoms with van der Waals surface area (Å²) >= 11 is 0. The molecule has 3 aliphatic heterocycles. The first-order valence-corrected chi connectivity index (χ1v) is 13.3. The Morgan fingerprint density at radius 3 is 2.77 bits per heavy atom. The van der Waals surface area contributed by atoms with Crippen LogP contribution in [0.15, 0.2) is 18.2 Å². The second-order valence-corrected chi connectivity index (χ2v) is 10.9. The molecular weight excluding hydrogens is 400 g/mol. The number of amides is 1. The summed E-state index contributed by atoms with van der Waals surface area (Å²) in [5, 5.41) is 0. The Balaban J connectivity index is 1.52. The van der Waals surface area contributed by atoms with Crippen LogP contribution in [0.2, 0.25) is 0 Å². The van der Waals surface area contributed by atoms with Crippen molar-refractivity contribution in [2.24, 2.45) is 5.92 Å². The number of hydrogen-bond acceptors (Lipinski definition) is 4. The van der Waals surface area contributed by atoms with Crippen molar-refractivity contribution in [2.45, 2.75) is 70.4 Å². The fourth-order valence-electron chi connectivity index (χ4n) is 5.46. The Morgan fingerprint density at radius 1 is 1.17 bits per heavy atom. The molecule has 0 spiro atoms. The molecule has 0 saturated carbocycles. The number of carbonyl (C=O) groups excluding carboxylic acids is 1. The van der Waals surface area contributed by atoms with E-state index in [1.54, 1.807) is 4.31 Å². The Labute approximate surface area is 180 Å². The molecule has 3 atom stereocenters.